The summed E-state index contributed by atoms with van der Waals surface area (Å²) >= 11 is 6.22. The number of aliphatic carboxylic acids is 1. The van der Waals surface area contributed by atoms with Gasteiger partial charge in [-0.05, 0) is 25.0 Å². The molecule has 1 saturated heterocycles. The summed E-state index contributed by atoms with van der Waals surface area (Å²) in [6, 6.07) is 3.66. The molecule has 2 N–H and O–H groups in total. The van der Waals surface area contributed by atoms with Crippen LogP contribution in [0.5, 0.6) is 5.75 Å². The highest BCUT2D eigenvalue weighted by atomic mass is 35.5. The van der Waals surface area contributed by atoms with Gasteiger partial charge in [0.15, 0.2) is 0 Å². The molecule has 98 valence electrons. The fourth-order valence-electron chi connectivity index (χ4n) is 2.42. The number of ether oxygens (including phenoxy) is 1. The first-order valence-corrected chi connectivity index (χ1v) is 6.21. The highest BCUT2D eigenvalue weighted by Crippen LogP contribution is 2.39. The second-order valence-electron chi connectivity index (χ2n) is 4.54. The van der Waals surface area contributed by atoms with Crippen LogP contribution in [0.3, 0.4) is 0 Å². The quantitative estimate of drug-likeness (QED) is 0.885. The fourth-order valence-corrected chi connectivity index (χ4v) is 2.70. The van der Waals surface area contributed by atoms with Gasteiger partial charge in [-0.15, -0.1) is 0 Å². The van der Waals surface area contributed by atoms with Crippen molar-refractivity contribution in [2.24, 2.45) is 5.92 Å². The Labute approximate surface area is 111 Å². The number of rotatable bonds is 3. The predicted octanol–water partition coefficient (Wildman–Crippen LogP) is 2.39. The molecule has 5 heteroatoms. The molecule has 0 amide bonds. The molecule has 0 spiro atoms. The lowest BCUT2D eigenvalue weighted by Crippen LogP contribution is -2.17. The molecular formula is C13H16ClNO3. The SMILES string of the molecule is COc1c(C)ccc(Cl)c1C1CC(C(=O)O)CN1. The van der Waals surface area contributed by atoms with Crippen molar-refractivity contribution in [1.82, 2.24) is 5.32 Å². The van der Waals surface area contributed by atoms with Crippen LogP contribution in [0.25, 0.3) is 0 Å². The molecular weight excluding hydrogens is 254 g/mol. The number of benzene rings is 1. The third kappa shape index (κ3) is 2.31. The lowest BCUT2D eigenvalue weighted by atomic mass is 9.97. The van der Waals surface area contributed by atoms with Gasteiger partial charge in [0.1, 0.15) is 5.75 Å². The summed E-state index contributed by atoms with van der Waals surface area (Å²) in [6.07, 6.45) is 0.537. The average Bonchev–Trinajstić information content (AvgIpc) is 2.81. The van der Waals surface area contributed by atoms with Gasteiger partial charge in [0.25, 0.3) is 0 Å². The van der Waals surface area contributed by atoms with Gasteiger partial charge in [-0.2, -0.15) is 0 Å². The number of halogens is 1. The van der Waals surface area contributed by atoms with E-state index in [2.05, 4.69) is 5.32 Å². The second kappa shape index (κ2) is 5.16. The molecule has 18 heavy (non-hydrogen) atoms. The monoisotopic (exact) mass is 269 g/mol. The Kier molecular flexibility index (Phi) is 3.78. The third-order valence-electron chi connectivity index (χ3n) is 3.37. The molecule has 1 aromatic rings. The van der Waals surface area contributed by atoms with Crippen LogP contribution in [0.1, 0.15) is 23.6 Å². The van der Waals surface area contributed by atoms with Crippen LogP contribution in [0, 0.1) is 12.8 Å². The second-order valence-corrected chi connectivity index (χ2v) is 4.95. The Hall–Kier alpha value is -1.26. The van der Waals surface area contributed by atoms with Gasteiger partial charge >= 0.3 is 5.97 Å². The predicted molar refractivity (Wildman–Crippen MR) is 69.2 cm³/mol. The summed E-state index contributed by atoms with van der Waals surface area (Å²) in [6.45, 7) is 2.41. The molecule has 1 aromatic carbocycles. The van der Waals surface area contributed by atoms with Gasteiger partial charge in [-0.1, -0.05) is 17.7 Å². The molecule has 1 heterocycles. The minimum atomic E-state index is -0.771. The Bertz CT molecular complexity index is 476. The van der Waals surface area contributed by atoms with Crippen LogP contribution < -0.4 is 10.1 Å². The number of carbonyl (C=O) groups is 1. The molecule has 0 saturated carbocycles. The van der Waals surface area contributed by atoms with Crippen LogP contribution in [-0.4, -0.2) is 24.7 Å². The summed E-state index contributed by atoms with van der Waals surface area (Å²) < 4.78 is 5.39. The van der Waals surface area contributed by atoms with Crippen molar-refractivity contribution in [3.05, 3.63) is 28.3 Å². The lowest BCUT2D eigenvalue weighted by molar-refractivity contribution is -0.141. The molecule has 1 fully saturated rings. The molecule has 2 atom stereocenters. The molecule has 2 rings (SSSR count). The maximum atomic E-state index is 11.0. The zero-order chi connectivity index (χ0) is 13.3. The summed E-state index contributed by atoms with van der Waals surface area (Å²) in [5, 5.41) is 12.8. The smallest absolute Gasteiger partial charge is 0.307 e. The Balaban J connectivity index is 2.34. The van der Waals surface area contributed by atoms with E-state index >= 15 is 0 Å². The first-order chi connectivity index (χ1) is 8.54. The average molecular weight is 270 g/mol. The van der Waals surface area contributed by atoms with E-state index in [4.69, 9.17) is 21.4 Å². The first kappa shape index (κ1) is 13.2. The van der Waals surface area contributed by atoms with Gasteiger partial charge < -0.3 is 15.2 Å². The maximum Gasteiger partial charge on any atom is 0.307 e. The molecule has 1 aliphatic rings. The number of carboxylic acids is 1. The van der Waals surface area contributed by atoms with E-state index in [1.807, 2.05) is 19.1 Å². The summed E-state index contributed by atoms with van der Waals surface area (Å²) in [4.78, 5) is 11.0. The van der Waals surface area contributed by atoms with Crippen molar-refractivity contribution >= 4 is 17.6 Å². The Morgan fingerprint density at radius 1 is 1.56 bits per heavy atom. The largest absolute Gasteiger partial charge is 0.496 e. The van der Waals surface area contributed by atoms with E-state index in [0.29, 0.717) is 18.0 Å². The van der Waals surface area contributed by atoms with Crippen molar-refractivity contribution in [1.29, 1.82) is 0 Å². The van der Waals surface area contributed by atoms with Crippen LogP contribution >= 0.6 is 11.6 Å². The van der Waals surface area contributed by atoms with Crippen LogP contribution in [0.4, 0.5) is 0 Å². The number of methoxy groups -OCH3 is 1. The molecule has 1 aliphatic heterocycles. The van der Waals surface area contributed by atoms with E-state index in [1.54, 1.807) is 7.11 Å². The van der Waals surface area contributed by atoms with Crippen molar-refractivity contribution in [3.8, 4) is 5.75 Å². The Morgan fingerprint density at radius 2 is 2.28 bits per heavy atom. The zero-order valence-corrected chi connectivity index (χ0v) is 11.1. The highest BCUT2D eigenvalue weighted by molar-refractivity contribution is 6.31. The number of carboxylic acid groups (broad SMARTS) is 1. The number of hydrogen-bond acceptors (Lipinski definition) is 3. The van der Waals surface area contributed by atoms with Gasteiger partial charge in [0.2, 0.25) is 0 Å². The lowest BCUT2D eigenvalue weighted by Gasteiger charge is -2.18. The molecule has 4 nitrogen and oxygen atoms in total. The molecule has 0 aromatic heterocycles. The first-order valence-electron chi connectivity index (χ1n) is 5.83. The topological polar surface area (TPSA) is 58.6 Å². The van der Waals surface area contributed by atoms with Crippen LogP contribution in [0.2, 0.25) is 5.02 Å². The molecule has 0 bridgehead atoms. The number of hydrogen-bond donors (Lipinski definition) is 2. The summed E-state index contributed by atoms with van der Waals surface area (Å²) in [5.74, 6) is -0.393. The number of aryl methyl sites for hydroxylation is 1. The number of nitrogens with one attached hydrogen (secondary N) is 1. The van der Waals surface area contributed by atoms with Gasteiger partial charge in [0.05, 0.1) is 13.0 Å². The minimum absolute atomic E-state index is 0.0616. The van der Waals surface area contributed by atoms with E-state index in [1.165, 1.54) is 0 Å². The van der Waals surface area contributed by atoms with Crippen molar-refractivity contribution in [3.63, 3.8) is 0 Å². The molecule has 0 radical (unpaired) electrons. The van der Waals surface area contributed by atoms with E-state index in [9.17, 15) is 4.79 Å². The zero-order valence-electron chi connectivity index (χ0n) is 10.4. The standard InChI is InChI=1S/C13H16ClNO3/c1-7-3-4-9(14)11(12(7)18-2)10-5-8(6-15-10)13(16)17/h3-4,8,10,15H,5-6H2,1-2H3,(H,16,17). The summed E-state index contributed by atoms with van der Waals surface area (Å²) in [7, 11) is 1.60. The minimum Gasteiger partial charge on any atom is -0.496 e. The van der Waals surface area contributed by atoms with E-state index in [0.717, 1.165) is 16.9 Å². The highest BCUT2D eigenvalue weighted by Gasteiger charge is 2.33. The Morgan fingerprint density at radius 3 is 2.83 bits per heavy atom. The maximum absolute atomic E-state index is 11.0. The molecule has 0 aliphatic carbocycles. The third-order valence-corrected chi connectivity index (χ3v) is 3.70. The fraction of sp³-hybridized carbons (Fsp3) is 0.462. The van der Waals surface area contributed by atoms with Crippen LogP contribution in [0.15, 0.2) is 12.1 Å². The van der Waals surface area contributed by atoms with Crippen molar-refractivity contribution in [2.75, 3.05) is 13.7 Å². The van der Waals surface area contributed by atoms with Crippen LogP contribution in [-0.2, 0) is 4.79 Å². The van der Waals surface area contributed by atoms with Gasteiger partial charge in [-0.25, -0.2) is 0 Å². The van der Waals surface area contributed by atoms with E-state index < -0.39 is 5.97 Å². The summed E-state index contributed by atoms with van der Waals surface area (Å²) in [5.41, 5.74) is 1.86. The normalized spacial score (nSPS) is 23.1. The van der Waals surface area contributed by atoms with Gasteiger partial charge in [-0.3, -0.25) is 4.79 Å². The van der Waals surface area contributed by atoms with Crippen molar-refractivity contribution in [2.45, 2.75) is 19.4 Å². The van der Waals surface area contributed by atoms with Gasteiger partial charge in [0, 0.05) is 23.2 Å². The van der Waals surface area contributed by atoms with Crippen molar-refractivity contribution < 1.29 is 14.6 Å². The molecule has 2 unspecified atom stereocenters. The van der Waals surface area contributed by atoms with E-state index in [-0.39, 0.29) is 12.0 Å².